The van der Waals surface area contributed by atoms with Crippen molar-refractivity contribution in [3.05, 3.63) is 29.8 Å². The Hall–Kier alpha value is -1.06. The van der Waals surface area contributed by atoms with Gasteiger partial charge in [0.15, 0.2) is 0 Å². The minimum Gasteiger partial charge on any atom is -0.388 e. The molecule has 0 heterocycles. The van der Waals surface area contributed by atoms with Crippen LogP contribution in [0.1, 0.15) is 38.4 Å². The van der Waals surface area contributed by atoms with Gasteiger partial charge in [-0.2, -0.15) is 0 Å². The van der Waals surface area contributed by atoms with E-state index in [9.17, 15) is 5.11 Å². The second-order valence-electron chi connectivity index (χ2n) is 5.27. The third kappa shape index (κ3) is 4.84. The zero-order valence-corrected chi connectivity index (χ0v) is 12.8. The fourth-order valence-corrected chi connectivity index (χ4v) is 2.22. The molecule has 0 saturated heterocycles. The molecule has 0 bridgehead atoms. The topological polar surface area (TPSA) is 26.7 Å². The first kappa shape index (κ1) is 16.0. The van der Waals surface area contributed by atoms with Crippen molar-refractivity contribution in [3.8, 4) is 0 Å². The maximum Gasteiger partial charge on any atom is 0.0807 e. The van der Waals surface area contributed by atoms with E-state index >= 15 is 0 Å². The summed E-state index contributed by atoms with van der Waals surface area (Å²) in [5.41, 5.74) is 2.23. The zero-order chi connectivity index (χ0) is 14.3. The second kappa shape index (κ2) is 8.18. The summed E-state index contributed by atoms with van der Waals surface area (Å²) < 4.78 is 0. The van der Waals surface area contributed by atoms with Gasteiger partial charge in [0.25, 0.3) is 0 Å². The summed E-state index contributed by atoms with van der Waals surface area (Å²) in [4.78, 5) is 4.58. The van der Waals surface area contributed by atoms with Crippen LogP contribution in [-0.2, 0) is 0 Å². The largest absolute Gasteiger partial charge is 0.388 e. The van der Waals surface area contributed by atoms with Crippen LogP contribution in [0.3, 0.4) is 0 Å². The molecule has 0 aromatic heterocycles. The van der Waals surface area contributed by atoms with Crippen molar-refractivity contribution >= 4 is 5.69 Å². The number of nitrogens with zero attached hydrogens (tertiary/aromatic N) is 2. The number of aliphatic hydroxyl groups is 1. The maximum absolute atomic E-state index is 10.2. The number of para-hydroxylation sites is 1. The van der Waals surface area contributed by atoms with Crippen LogP contribution >= 0.6 is 0 Å². The first-order chi connectivity index (χ1) is 9.10. The summed E-state index contributed by atoms with van der Waals surface area (Å²) in [5, 5.41) is 10.2. The van der Waals surface area contributed by atoms with Crippen molar-refractivity contribution in [3.63, 3.8) is 0 Å². The van der Waals surface area contributed by atoms with Gasteiger partial charge < -0.3 is 14.9 Å². The van der Waals surface area contributed by atoms with Crippen LogP contribution in [0, 0.1) is 0 Å². The Morgan fingerprint density at radius 1 is 1.05 bits per heavy atom. The molecule has 1 N–H and O–H groups in total. The van der Waals surface area contributed by atoms with Crippen molar-refractivity contribution in [2.75, 3.05) is 38.6 Å². The number of hydrogen-bond donors (Lipinski definition) is 1. The number of rotatable bonds is 8. The van der Waals surface area contributed by atoms with Crippen molar-refractivity contribution in [2.24, 2.45) is 0 Å². The van der Waals surface area contributed by atoms with Gasteiger partial charge in [0.1, 0.15) is 0 Å². The van der Waals surface area contributed by atoms with Gasteiger partial charge in [0.2, 0.25) is 0 Å². The molecule has 0 aliphatic rings. The molecule has 0 spiro atoms. The molecule has 0 aliphatic carbocycles. The van der Waals surface area contributed by atoms with Gasteiger partial charge in [0, 0.05) is 30.9 Å². The lowest BCUT2D eigenvalue weighted by atomic mass is 10.0. The SMILES string of the molecule is CCCN(CCN(C)C)c1ccccc1C(O)CC. The van der Waals surface area contributed by atoms with Crippen molar-refractivity contribution in [2.45, 2.75) is 32.8 Å². The van der Waals surface area contributed by atoms with Gasteiger partial charge in [-0.15, -0.1) is 0 Å². The Kier molecular flexibility index (Phi) is 6.89. The standard InChI is InChI=1S/C16H28N2O/c1-5-11-18(13-12-17(3)4)15-10-8-7-9-14(15)16(19)6-2/h7-10,16,19H,5-6,11-13H2,1-4H3. The highest BCUT2D eigenvalue weighted by atomic mass is 16.3. The van der Waals surface area contributed by atoms with E-state index in [1.165, 1.54) is 5.69 Å². The third-order valence-corrected chi connectivity index (χ3v) is 3.33. The highest BCUT2D eigenvalue weighted by Crippen LogP contribution is 2.28. The molecule has 0 aliphatic heterocycles. The van der Waals surface area contributed by atoms with Gasteiger partial charge in [0.05, 0.1) is 6.10 Å². The van der Waals surface area contributed by atoms with Crippen LogP contribution in [-0.4, -0.2) is 43.7 Å². The van der Waals surface area contributed by atoms with E-state index in [2.05, 4.69) is 43.0 Å². The molecule has 1 atom stereocenters. The van der Waals surface area contributed by atoms with Crippen LogP contribution in [0.5, 0.6) is 0 Å². The highest BCUT2D eigenvalue weighted by molar-refractivity contribution is 5.54. The minimum absolute atomic E-state index is 0.366. The molecule has 1 aromatic carbocycles. The molecule has 0 saturated carbocycles. The number of hydrogen-bond acceptors (Lipinski definition) is 3. The van der Waals surface area contributed by atoms with E-state index in [-0.39, 0.29) is 6.10 Å². The van der Waals surface area contributed by atoms with Crippen molar-refractivity contribution < 1.29 is 5.11 Å². The fourth-order valence-electron chi connectivity index (χ4n) is 2.22. The molecule has 108 valence electrons. The molecule has 0 radical (unpaired) electrons. The van der Waals surface area contributed by atoms with Gasteiger partial charge >= 0.3 is 0 Å². The number of likely N-dealkylation sites (N-methyl/N-ethyl adjacent to an activating group) is 1. The van der Waals surface area contributed by atoms with Crippen LogP contribution < -0.4 is 4.90 Å². The molecule has 3 nitrogen and oxygen atoms in total. The zero-order valence-electron chi connectivity index (χ0n) is 12.8. The lowest BCUT2D eigenvalue weighted by molar-refractivity contribution is 0.174. The van der Waals surface area contributed by atoms with E-state index < -0.39 is 0 Å². The smallest absolute Gasteiger partial charge is 0.0807 e. The maximum atomic E-state index is 10.2. The van der Waals surface area contributed by atoms with Gasteiger partial charge in [-0.1, -0.05) is 32.0 Å². The normalized spacial score (nSPS) is 12.7. The second-order valence-corrected chi connectivity index (χ2v) is 5.27. The molecule has 1 unspecified atom stereocenters. The monoisotopic (exact) mass is 264 g/mol. The summed E-state index contributed by atoms with van der Waals surface area (Å²) in [6, 6.07) is 8.23. The van der Waals surface area contributed by atoms with Gasteiger partial charge in [-0.25, -0.2) is 0 Å². The Morgan fingerprint density at radius 2 is 1.74 bits per heavy atom. The first-order valence-corrected chi connectivity index (χ1v) is 7.26. The van der Waals surface area contributed by atoms with E-state index in [0.29, 0.717) is 0 Å². The van der Waals surface area contributed by atoms with Crippen molar-refractivity contribution in [1.82, 2.24) is 4.90 Å². The Labute approximate surface area is 117 Å². The quantitative estimate of drug-likeness (QED) is 0.782. The van der Waals surface area contributed by atoms with E-state index in [1.807, 2.05) is 19.1 Å². The van der Waals surface area contributed by atoms with E-state index in [1.54, 1.807) is 0 Å². The van der Waals surface area contributed by atoms with Crippen LogP contribution in [0.2, 0.25) is 0 Å². The Balaban J connectivity index is 2.94. The highest BCUT2D eigenvalue weighted by Gasteiger charge is 2.15. The van der Waals surface area contributed by atoms with Gasteiger partial charge in [-0.3, -0.25) is 0 Å². The number of anilines is 1. The van der Waals surface area contributed by atoms with E-state index in [0.717, 1.165) is 38.0 Å². The fraction of sp³-hybridized carbons (Fsp3) is 0.625. The minimum atomic E-state index is -0.366. The first-order valence-electron chi connectivity index (χ1n) is 7.26. The van der Waals surface area contributed by atoms with Crippen LogP contribution in [0.25, 0.3) is 0 Å². The Morgan fingerprint density at radius 3 is 2.32 bits per heavy atom. The van der Waals surface area contributed by atoms with Crippen LogP contribution in [0.15, 0.2) is 24.3 Å². The molecule has 1 rings (SSSR count). The predicted molar refractivity (Wildman–Crippen MR) is 82.8 cm³/mol. The molecule has 0 amide bonds. The van der Waals surface area contributed by atoms with Crippen LogP contribution in [0.4, 0.5) is 5.69 Å². The predicted octanol–water partition coefficient (Wildman–Crippen LogP) is 2.91. The third-order valence-electron chi connectivity index (χ3n) is 3.33. The van der Waals surface area contributed by atoms with E-state index in [4.69, 9.17) is 0 Å². The summed E-state index contributed by atoms with van der Waals surface area (Å²) in [6.45, 7) is 7.26. The number of benzene rings is 1. The number of aliphatic hydroxyl groups excluding tert-OH is 1. The lowest BCUT2D eigenvalue weighted by Gasteiger charge is -2.29. The average molecular weight is 264 g/mol. The molecule has 19 heavy (non-hydrogen) atoms. The lowest BCUT2D eigenvalue weighted by Crippen LogP contribution is -2.33. The Bertz CT molecular complexity index is 366. The summed E-state index contributed by atoms with van der Waals surface area (Å²) in [6.07, 6.45) is 1.50. The van der Waals surface area contributed by atoms with Gasteiger partial charge in [-0.05, 0) is 33.0 Å². The molecule has 0 fully saturated rings. The van der Waals surface area contributed by atoms with Crippen molar-refractivity contribution in [1.29, 1.82) is 0 Å². The molecule has 1 aromatic rings. The average Bonchev–Trinajstić information content (AvgIpc) is 2.42. The summed E-state index contributed by atoms with van der Waals surface area (Å²) in [5.74, 6) is 0. The molecule has 3 heteroatoms. The molecular weight excluding hydrogens is 236 g/mol. The molecular formula is C16H28N2O. The summed E-state index contributed by atoms with van der Waals surface area (Å²) >= 11 is 0. The summed E-state index contributed by atoms with van der Waals surface area (Å²) in [7, 11) is 4.19.